The van der Waals surface area contributed by atoms with Crippen molar-refractivity contribution in [1.82, 2.24) is 10.1 Å². The normalized spacial score (nSPS) is 12.2. The van der Waals surface area contributed by atoms with Gasteiger partial charge in [0.05, 0.1) is 5.56 Å². The van der Waals surface area contributed by atoms with Crippen LogP contribution in [0.15, 0.2) is 59.1 Å². The van der Waals surface area contributed by atoms with Crippen molar-refractivity contribution in [3.05, 3.63) is 65.7 Å². The molecule has 3 aromatic rings. The van der Waals surface area contributed by atoms with Crippen LogP contribution >= 0.6 is 0 Å². The van der Waals surface area contributed by atoms with E-state index in [-0.39, 0.29) is 6.61 Å². The number of aliphatic hydroxyl groups is 1. The van der Waals surface area contributed by atoms with Gasteiger partial charge in [0.25, 0.3) is 0 Å². The molecular weight excluding hydrogens is 414 g/mol. The van der Waals surface area contributed by atoms with Crippen LogP contribution in [0.1, 0.15) is 38.3 Å². The van der Waals surface area contributed by atoms with E-state index in [4.69, 9.17) is 9.26 Å². The van der Waals surface area contributed by atoms with E-state index in [0.717, 1.165) is 60.1 Å². The summed E-state index contributed by atoms with van der Waals surface area (Å²) in [4.78, 5) is 4.45. The zero-order valence-electron chi connectivity index (χ0n) is 20.3. The summed E-state index contributed by atoms with van der Waals surface area (Å²) in [6, 6.07) is 18.0. The van der Waals surface area contributed by atoms with Gasteiger partial charge in [-0.2, -0.15) is 0 Å². The van der Waals surface area contributed by atoms with Crippen LogP contribution in [0.2, 0.25) is 0 Å². The Morgan fingerprint density at radius 2 is 1.70 bits per heavy atom. The first-order valence-corrected chi connectivity index (χ1v) is 11.9. The Kier molecular flexibility index (Phi) is 9.34. The summed E-state index contributed by atoms with van der Waals surface area (Å²) in [6.45, 7) is 12.4. The van der Waals surface area contributed by atoms with Gasteiger partial charge in [-0.05, 0) is 45.4 Å². The molecule has 0 aliphatic heterocycles. The van der Waals surface area contributed by atoms with Crippen LogP contribution in [0.25, 0.3) is 11.3 Å². The monoisotopic (exact) mass is 451 g/mol. The fraction of sp³-hybridized carbons (Fsp3) is 0.444. The number of anilines is 1. The van der Waals surface area contributed by atoms with Crippen molar-refractivity contribution in [2.75, 3.05) is 37.7 Å². The molecule has 0 spiro atoms. The number of para-hydroxylation sites is 1. The Balaban J connectivity index is 1.78. The van der Waals surface area contributed by atoms with Crippen molar-refractivity contribution < 1.29 is 14.4 Å². The smallest absolute Gasteiger partial charge is 0.232 e. The predicted octanol–water partition coefficient (Wildman–Crippen LogP) is 5.15. The second kappa shape index (κ2) is 12.4. The Hall–Kier alpha value is -2.83. The molecule has 0 saturated heterocycles. The van der Waals surface area contributed by atoms with E-state index < -0.39 is 6.10 Å². The number of rotatable bonds is 13. The molecule has 0 saturated carbocycles. The molecule has 1 N–H and O–H groups in total. The number of nitrogens with zero attached hydrogens (tertiary/aromatic N) is 3. The molecule has 1 atom stereocenters. The first-order chi connectivity index (χ1) is 16.1. The molecular formula is C27H37N3O3. The number of hydrogen-bond donors (Lipinski definition) is 1. The number of benzene rings is 2. The molecule has 6 heteroatoms. The van der Waals surface area contributed by atoms with Gasteiger partial charge in [0.15, 0.2) is 0 Å². The number of hydrogen-bond acceptors (Lipinski definition) is 6. The molecule has 178 valence electrons. The first kappa shape index (κ1) is 24.8. The largest absolute Gasteiger partial charge is 0.491 e. The minimum absolute atomic E-state index is 0.253. The Morgan fingerprint density at radius 3 is 2.36 bits per heavy atom. The summed E-state index contributed by atoms with van der Waals surface area (Å²) in [5, 5.41) is 15.2. The highest BCUT2D eigenvalue weighted by molar-refractivity contribution is 5.68. The lowest BCUT2D eigenvalue weighted by molar-refractivity contribution is 0.0654. The molecule has 1 heterocycles. The minimum atomic E-state index is -0.604. The molecule has 33 heavy (non-hydrogen) atoms. The van der Waals surface area contributed by atoms with Crippen molar-refractivity contribution in [2.24, 2.45) is 0 Å². The summed E-state index contributed by atoms with van der Waals surface area (Å²) in [7, 11) is 0. The highest BCUT2D eigenvalue weighted by Crippen LogP contribution is 2.32. The van der Waals surface area contributed by atoms with Gasteiger partial charge in [0, 0.05) is 31.7 Å². The Bertz CT molecular complexity index is 970. The fourth-order valence-corrected chi connectivity index (χ4v) is 4.06. The summed E-state index contributed by atoms with van der Waals surface area (Å²) in [5.41, 5.74) is 4.03. The van der Waals surface area contributed by atoms with Crippen LogP contribution in [0, 0.1) is 6.92 Å². The lowest BCUT2D eigenvalue weighted by atomic mass is 10.1. The lowest BCUT2D eigenvalue weighted by Crippen LogP contribution is -2.36. The van der Waals surface area contributed by atoms with Crippen molar-refractivity contribution in [2.45, 2.75) is 46.8 Å². The molecule has 3 rings (SSSR count). The van der Waals surface area contributed by atoms with Crippen LogP contribution in [0.5, 0.6) is 5.75 Å². The van der Waals surface area contributed by atoms with Crippen molar-refractivity contribution in [1.29, 1.82) is 0 Å². The maximum atomic E-state index is 10.8. The van der Waals surface area contributed by atoms with E-state index in [9.17, 15) is 5.11 Å². The Labute approximate surface area is 197 Å². The zero-order chi connectivity index (χ0) is 23.6. The predicted molar refractivity (Wildman–Crippen MR) is 134 cm³/mol. The summed E-state index contributed by atoms with van der Waals surface area (Å²) in [5.74, 6) is 1.62. The van der Waals surface area contributed by atoms with Crippen LogP contribution in [-0.2, 0) is 6.54 Å². The van der Waals surface area contributed by atoms with Crippen LogP contribution < -0.4 is 9.64 Å². The van der Waals surface area contributed by atoms with E-state index in [2.05, 4.69) is 47.9 Å². The molecule has 6 nitrogen and oxygen atoms in total. The molecule has 0 amide bonds. The second-order valence-corrected chi connectivity index (χ2v) is 8.32. The maximum Gasteiger partial charge on any atom is 0.232 e. The van der Waals surface area contributed by atoms with E-state index in [1.807, 2.05) is 49.4 Å². The first-order valence-electron chi connectivity index (χ1n) is 11.9. The molecule has 0 fully saturated rings. The topological polar surface area (TPSA) is 62.0 Å². The van der Waals surface area contributed by atoms with E-state index >= 15 is 0 Å². The van der Waals surface area contributed by atoms with Gasteiger partial charge in [-0.25, -0.2) is 0 Å². The summed E-state index contributed by atoms with van der Waals surface area (Å²) in [6.07, 6.45) is 0.380. The van der Waals surface area contributed by atoms with Gasteiger partial charge in [-0.15, -0.1) is 0 Å². The third-order valence-corrected chi connectivity index (χ3v) is 5.78. The summed E-state index contributed by atoms with van der Waals surface area (Å²) < 4.78 is 11.7. The molecule has 2 aromatic carbocycles. The molecule has 0 radical (unpaired) electrons. The van der Waals surface area contributed by atoms with Crippen LogP contribution in [0.3, 0.4) is 0 Å². The molecule has 1 aromatic heterocycles. The Morgan fingerprint density at radius 1 is 1.00 bits per heavy atom. The zero-order valence-corrected chi connectivity index (χ0v) is 20.3. The van der Waals surface area contributed by atoms with Gasteiger partial charge in [-0.3, -0.25) is 4.90 Å². The molecule has 0 unspecified atom stereocenters. The summed E-state index contributed by atoms with van der Waals surface area (Å²) >= 11 is 0. The fourth-order valence-electron chi connectivity index (χ4n) is 4.06. The maximum absolute atomic E-state index is 10.8. The number of aliphatic hydroxyl groups excluding tert-OH is 1. The van der Waals surface area contributed by atoms with E-state index in [0.29, 0.717) is 13.1 Å². The van der Waals surface area contributed by atoms with Gasteiger partial charge in [0.1, 0.15) is 24.2 Å². The highest BCUT2D eigenvalue weighted by atomic mass is 16.5. The lowest BCUT2D eigenvalue weighted by Gasteiger charge is -2.26. The number of aromatic nitrogens is 1. The van der Waals surface area contributed by atoms with Crippen molar-refractivity contribution >= 4 is 5.88 Å². The molecule has 0 aliphatic rings. The third kappa shape index (κ3) is 6.59. The van der Waals surface area contributed by atoms with Gasteiger partial charge in [0.2, 0.25) is 5.88 Å². The van der Waals surface area contributed by atoms with Crippen molar-refractivity contribution in [3.63, 3.8) is 0 Å². The minimum Gasteiger partial charge on any atom is -0.491 e. The average molecular weight is 452 g/mol. The molecule has 0 bridgehead atoms. The molecule has 0 aliphatic carbocycles. The highest BCUT2D eigenvalue weighted by Gasteiger charge is 2.24. The van der Waals surface area contributed by atoms with Gasteiger partial charge >= 0.3 is 0 Å². The quantitative estimate of drug-likeness (QED) is 0.388. The number of aryl methyl sites for hydroxylation is 1. The van der Waals surface area contributed by atoms with Crippen LogP contribution in [0.4, 0.5) is 5.88 Å². The van der Waals surface area contributed by atoms with E-state index in [1.54, 1.807) is 0 Å². The average Bonchev–Trinajstić information content (AvgIpc) is 3.23. The SMILES string of the molecule is CCCN(Cc1c(-c2ccccc2)noc1N(CC)CC)C[C@@H](O)COc1ccccc1C. The van der Waals surface area contributed by atoms with Crippen LogP contribution in [-0.4, -0.2) is 54.1 Å². The van der Waals surface area contributed by atoms with E-state index in [1.165, 1.54) is 0 Å². The van der Waals surface area contributed by atoms with Gasteiger partial charge < -0.3 is 19.3 Å². The third-order valence-electron chi connectivity index (χ3n) is 5.78. The van der Waals surface area contributed by atoms with Gasteiger partial charge in [-0.1, -0.05) is 60.6 Å². The second-order valence-electron chi connectivity index (χ2n) is 8.32. The van der Waals surface area contributed by atoms with Crippen molar-refractivity contribution in [3.8, 4) is 17.0 Å². The standard InChI is InChI=1S/C27H37N3O3/c1-5-17-29(18-23(31)20-32-25-16-12-11-13-21(25)4)19-24-26(22-14-9-8-10-15-22)28-33-27(24)30(6-2)7-3/h8-16,23,31H,5-7,17-20H2,1-4H3/t23-/m1/s1. The number of ether oxygens (including phenoxy) is 1.